The zero-order chi connectivity index (χ0) is 39.7. The van der Waals surface area contributed by atoms with Crippen LogP contribution in [0.3, 0.4) is 0 Å². The van der Waals surface area contributed by atoms with Gasteiger partial charge in [0.15, 0.2) is 0 Å². The molecular formula is C43H57NO8S2Si. The normalized spacial score (nSPS) is 14.9. The predicted octanol–water partition coefficient (Wildman–Crippen LogP) is 9.39. The number of thioether (sulfide) groups is 1. The Balaban J connectivity index is 1.87. The molecule has 0 spiro atoms. The van der Waals surface area contributed by atoms with E-state index in [0.29, 0.717) is 10.8 Å². The maximum absolute atomic E-state index is 13.0. The second-order valence-electron chi connectivity index (χ2n) is 14.8. The average Bonchev–Trinajstić information content (AvgIpc) is 3.16. The number of nitrogens with zero attached hydrogens (tertiary/aromatic N) is 1. The van der Waals surface area contributed by atoms with Gasteiger partial charge in [0.2, 0.25) is 0 Å². The molecule has 4 rings (SSSR count). The summed E-state index contributed by atoms with van der Waals surface area (Å²) in [7, 11) is -6.39. The molecule has 0 unspecified atom stereocenters. The van der Waals surface area contributed by atoms with Crippen LogP contribution in [0.5, 0.6) is 0 Å². The Morgan fingerprint density at radius 3 is 1.51 bits per heavy atom. The van der Waals surface area contributed by atoms with Crippen LogP contribution in [0.1, 0.15) is 49.9 Å². The van der Waals surface area contributed by atoms with Gasteiger partial charge in [-0.3, -0.25) is 4.18 Å². The van der Waals surface area contributed by atoms with Crippen LogP contribution < -0.4 is 0 Å². The van der Waals surface area contributed by atoms with Crippen LogP contribution in [0.4, 0.5) is 0 Å². The van der Waals surface area contributed by atoms with Gasteiger partial charge < -0.3 is 23.5 Å². The largest absolute Gasteiger partial charge is 0.454 e. The summed E-state index contributed by atoms with van der Waals surface area (Å²) in [6, 6.07) is 39.0. The summed E-state index contributed by atoms with van der Waals surface area (Å²) in [6.45, 7) is 13.4. The molecule has 55 heavy (non-hydrogen) atoms. The van der Waals surface area contributed by atoms with E-state index in [-0.39, 0.29) is 38.1 Å². The number of oxime groups is 1. The van der Waals surface area contributed by atoms with Crippen molar-refractivity contribution in [3.8, 4) is 0 Å². The molecule has 0 radical (unpaired) electrons. The number of hydrogen-bond acceptors (Lipinski definition) is 10. The van der Waals surface area contributed by atoms with Crippen molar-refractivity contribution in [1.82, 2.24) is 0 Å². The van der Waals surface area contributed by atoms with E-state index in [0.717, 1.165) is 28.5 Å². The lowest BCUT2D eigenvalue weighted by molar-refractivity contribution is -0.168. The van der Waals surface area contributed by atoms with Gasteiger partial charge in [0.25, 0.3) is 18.4 Å². The standard InChI is InChI=1S/C43H57NO8S2Si/c1-8-53-42(44-52-55(6,7)43(2,3)4)41(50-32-37-27-19-12-20-28-37)40(49-31-36-25-17-11-18-26-36)39(48-30-35-23-15-10-16-24-35)38(51-54(5,45)46)33-47-29-34-21-13-9-14-22-34/h9-28,38-41H,8,29-33H2,1-7H3/b44-42-/t38-,39+,40+,41+/m1/s1. The minimum atomic E-state index is -4.02. The maximum atomic E-state index is 13.0. The van der Waals surface area contributed by atoms with Crippen molar-refractivity contribution in [2.75, 3.05) is 18.6 Å². The molecule has 0 heterocycles. The zero-order valence-corrected chi connectivity index (χ0v) is 35.8. The molecule has 0 aliphatic rings. The minimum Gasteiger partial charge on any atom is -0.454 e. The smallest absolute Gasteiger partial charge is 0.286 e. The van der Waals surface area contributed by atoms with Crippen molar-refractivity contribution < 1.29 is 36.1 Å². The van der Waals surface area contributed by atoms with Gasteiger partial charge in [0.05, 0.1) is 39.3 Å². The summed E-state index contributed by atoms with van der Waals surface area (Å²) in [6.07, 6.45) is -2.98. The molecule has 4 atom stereocenters. The average molecular weight is 808 g/mol. The molecule has 4 aromatic carbocycles. The summed E-state index contributed by atoms with van der Waals surface area (Å²) >= 11 is 1.49. The van der Waals surface area contributed by atoms with E-state index in [9.17, 15) is 8.42 Å². The first-order chi connectivity index (χ1) is 26.3. The van der Waals surface area contributed by atoms with E-state index in [1.807, 2.05) is 128 Å². The Hall–Kier alpha value is -3.33. The maximum Gasteiger partial charge on any atom is 0.286 e. The van der Waals surface area contributed by atoms with Crippen LogP contribution in [0, 0.1) is 0 Å². The summed E-state index contributed by atoms with van der Waals surface area (Å²) in [5.41, 5.74) is 3.67. The molecule has 298 valence electrons. The highest BCUT2D eigenvalue weighted by Gasteiger charge is 2.44. The van der Waals surface area contributed by atoms with E-state index in [2.05, 4.69) is 33.9 Å². The first-order valence-corrected chi connectivity index (χ1v) is 24.3. The van der Waals surface area contributed by atoms with Crippen LogP contribution in [-0.2, 0) is 64.2 Å². The molecule has 4 aromatic rings. The van der Waals surface area contributed by atoms with Crippen molar-refractivity contribution >= 4 is 35.2 Å². The van der Waals surface area contributed by atoms with Gasteiger partial charge in [-0.25, -0.2) is 0 Å². The zero-order valence-electron chi connectivity index (χ0n) is 33.1. The number of rotatable bonds is 22. The number of hydrogen-bond donors (Lipinski definition) is 0. The molecule has 0 amide bonds. The van der Waals surface area contributed by atoms with E-state index < -0.39 is 42.9 Å². The Morgan fingerprint density at radius 2 is 1.09 bits per heavy atom. The van der Waals surface area contributed by atoms with Crippen molar-refractivity contribution in [2.45, 2.75) is 96.7 Å². The van der Waals surface area contributed by atoms with Gasteiger partial charge in [0, 0.05) is 0 Å². The number of benzene rings is 4. The Labute approximate surface area is 334 Å². The monoisotopic (exact) mass is 807 g/mol. The van der Waals surface area contributed by atoms with Crippen LogP contribution in [0.15, 0.2) is 126 Å². The third-order valence-corrected chi connectivity index (χ3v) is 14.9. The molecule has 0 N–H and O–H groups in total. The molecule has 0 fully saturated rings. The summed E-state index contributed by atoms with van der Waals surface area (Å²) in [5, 5.41) is 5.30. The van der Waals surface area contributed by atoms with Crippen LogP contribution in [0.25, 0.3) is 0 Å². The molecule has 12 heteroatoms. The topological polar surface area (TPSA) is 102 Å². The van der Waals surface area contributed by atoms with Crippen LogP contribution >= 0.6 is 11.8 Å². The third kappa shape index (κ3) is 15.3. The summed E-state index contributed by atoms with van der Waals surface area (Å²) in [5.74, 6) is 0.662. The first-order valence-electron chi connectivity index (χ1n) is 18.6. The van der Waals surface area contributed by atoms with E-state index in [1.165, 1.54) is 11.8 Å². The molecule has 0 saturated heterocycles. The quantitative estimate of drug-likeness (QED) is 0.0253. The molecule has 0 bridgehead atoms. The molecule has 0 aliphatic carbocycles. The minimum absolute atomic E-state index is 0.117. The Bertz CT molecular complexity index is 1810. The van der Waals surface area contributed by atoms with Crippen molar-refractivity contribution in [3.05, 3.63) is 144 Å². The second kappa shape index (κ2) is 21.8. The van der Waals surface area contributed by atoms with Crippen molar-refractivity contribution in [1.29, 1.82) is 0 Å². The van der Waals surface area contributed by atoms with Gasteiger partial charge in [-0.1, -0.05) is 154 Å². The van der Waals surface area contributed by atoms with Crippen molar-refractivity contribution in [2.24, 2.45) is 5.16 Å². The van der Waals surface area contributed by atoms with Crippen molar-refractivity contribution in [3.63, 3.8) is 0 Å². The van der Waals surface area contributed by atoms with Gasteiger partial charge in [-0.2, -0.15) is 8.42 Å². The van der Waals surface area contributed by atoms with Crippen LogP contribution in [0.2, 0.25) is 18.1 Å². The molecule has 0 saturated carbocycles. The highest BCUT2D eigenvalue weighted by atomic mass is 32.2. The summed E-state index contributed by atoms with van der Waals surface area (Å²) in [4.78, 5) is 0. The third-order valence-electron chi connectivity index (χ3n) is 9.23. The molecule has 0 aliphatic heterocycles. The lowest BCUT2D eigenvalue weighted by Gasteiger charge is -2.38. The van der Waals surface area contributed by atoms with Crippen LogP contribution in [-0.4, -0.2) is 64.8 Å². The lowest BCUT2D eigenvalue weighted by Crippen LogP contribution is -2.53. The molecule has 0 aromatic heterocycles. The predicted molar refractivity (Wildman–Crippen MR) is 225 cm³/mol. The fourth-order valence-electron chi connectivity index (χ4n) is 5.24. The lowest BCUT2D eigenvalue weighted by atomic mass is 10.0. The molecule has 9 nitrogen and oxygen atoms in total. The summed E-state index contributed by atoms with van der Waals surface area (Å²) < 4.78 is 65.2. The fourth-order valence-corrected chi connectivity index (χ4v) is 7.27. The van der Waals surface area contributed by atoms with E-state index in [1.54, 1.807) is 0 Å². The fraction of sp³-hybridized carbons (Fsp3) is 0.419. The van der Waals surface area contributed by atoms with Gasteiger partial charge in [-0.05, 0) is 46.1 Å². The molecular weight excluding hydrogens is 751 g/mol. The number of ether oxygens (including phenoxy) is 4. The van der Waals surface area contributed by atoms with E-state index >= 15 is 0 Å². The second-order valence-corrected chi connectivity index (χ2v) is 22.4. The highest BCUT2D eigenvalue weighted by Crippen LogP contribution is 2.37. The van der Waals surface area contributed by atoms with Gasteiger partial charge >= 0.3 is 0 Å². The Morgan fingerprint density at radius 1 is 0.673 bits per heavy atom. The SMILES string of the molecule is CCS/C(=N\O[Si](C)(C)C(C)(C)C)[C@@H](OCc1ccccc1)[C@@H](OCc1ccccc1)[C@@H](OCc1ccccc1)[C@@H](COCc1ccccc1)OS(C)(=O)=O. The van der Waals surface area contributed by atoms with E-state index in [4.69, 9.17) is 32.8 Å². The highest BCUT2D eigenvalue weighted by molar-refractivity contribution is 8.14. The Kier molecular flexibility index (Phi) is 17.6. The van der Waals surface area contributed by atoms with Gasteiger partial charge in [0.1, 0.15) is 29.5 Å². The first kappa shape index (κ1) is 44.4. The van der Waals surface area contributed by atoms with Gasteiger partial charge in [-0.15, -0.1) is 11.8 Å².